The van der Waals surface area contributed by atoms with Crippen LogP contribution in [0.3, 0.4) is 0 Å². The van der Waals surface area contributed by atoms with Gasteiger partial charge in [0.25, 0.3) is 5.91 Å². The molecule has 1 unspecified atom stereocenters. The number of carbonyl (C=O) groups is 2. The van der Waals surface area contributed by atoms with Crippen LogP contribution in [0.5, 0.6) is 11.5 Å². The zero-order valence-electron chi connectivity index (χ0n) is 18.0. The number of ether oxygens (including phenoxy) is 2. The topological polar surface area (TPSA) is 79.9 Å². The van der Waals surface area contributed by atoms with Crippen molar-refractivity contribution < 1.29 is 23.5 Å². The van der Waals surface area contributed by atoms with Crippen LogP contribution in [-0.2, 0) is 4.79 Å². The second-order valence-corrected chi connectivity index (χ2v) is 7.52. The number of likely N-dealkylation sites (tertiary alicyclic amines) is 1. The molecule has 2 aromatic carbocycles. The summed E-state index contributed by atoms with van der Waals surface area (Å²) in [5, 5.41) is 5.91. The fraction of sp³-hybridized carbons (Fsp3) is 0.391. The third-order valence-electron chi connectivity index (χ3n) is 5.56. The first-order valence-corrected chi connectivity index (χ1v) is 10.2. The van der Waals surface area contributed by atoms with Crippen molar-refractivity contribution in [2.45, 2.75) is 31.8 Å². The standard InChI is InChI=1S/C23H28FN3O4/c1-15(22(28)26-20-14-19(30-2)8-9-21(20)31-3)27-12-10-18(11-13-27)25-23(29)16-4-6-17(24)7-5-16/h4-9,14-15,18H,10-13H2,1-3H3,(H,25,29)(H,26,28). The van der Waals surface area contributed by atoms with Crippen molar-refractivity contribution in [3.8, 4) is 11.5 Å². The van der Waals surface area contributed by atoms with Crippen molar-refractivity contribution in [1.29, 1.82) is 0 Å². The molecule has 1 fully saturated rings. The molecule has 3 rings (SSSR count). The highest BCUT2D eigenvalue weighted by Crippen LogP contribution is 2.29. The summed E-state index contributed by atoms with van der Waals surface area (Å²) >= 11 is 0. The molecule has 1 heterocycles. The van der Waals surface area contributed by atoms with Gasteiger partial charge in [0.05, 0.1) is 25.9 Å². The smallest absolute Gasteiger partial charge is 0.251 e. The largest absolute Gasteiger partial charge is 0.497 e. The number of nitrogens with zero attached hydrogens (tertiary/aromatic N) is 1. The maximum absolute atomic E-state index is 13.0. The van der Waals surface area contributed by atoms with E-state index >= 15 is 0 Å². The number of rotatable bonds is 7. The first-order valence-electron chi connectivity index (χ1n) is 10.2. The summed E-state index contributed by atoms with van der Waals surface area (Å²) < 4.78 is 23.6. The minimum Gasteiger partial charge on any atom is -0.497 e. The molecule has 2 amide bonds. The average Bonchev–Trinajstić information content (AvgIpc) is 2.79. The van der Waals surface area contributed by atoms with Crippen LogP contribution in [0.4, 0.5) is 10.1 Å². The maximum atomic E-state index is 13.0. The lowest BCUT2D eigenvalue weighted by Crippen LogP contribution is -2.50. The van der Waals surface area contributed by atoms with Crippen molar-refractivity contribution in [2.75, 3.05) is 32.6 Å². The number of hydrogen-bond acceptors (Lipinski definition) is 5. The third-order valence-corrected chi connectivity index (χ3v) is 5.56. The zero-order chi connectivity index (χ0) is 22.4. The first kappa shape index (κ1) is 22.6. The van der Waals surface area contributed by atoms with E-state index in [0.29, 0.717) is 35.8 Å². The summed E-state index contributed by atoms with van der Waals surface area (Å²) in [4.78, 5) is 27.2. The van der Waals surface area contributed by atoms with Crippen LogP contribution >= 0.6 is 0 Å². The number of hydrogen-bond donors (Lipinski definition) is 2. The van der Waals surface area contributed by atoms with Gasteiger partial charge in [-0.2, -0.15) is 0 Å². The number of nitrogens with one attached hydrogen (secondary N) is 2. The number of anilines is 1. The van der Waals surface area contributed by atoms with Gasteiger partial charge in [0.1, 0.15) is 17.3 Å². The Kier molecular flexibility index (Phi) is 7.46. The quantitative estimate of drug-likeness (QED) is 0.707. The maximum Gasteiger partial charge on any atom is 0.251 e. The Bertz CT molecular complexity index is 912. The van der Waals surface area contributed by atoms with Crippen LogP contribution in [0.2, 0.25) is 0 Å². The third kappa shape index (κ3) is 5.73. The molecular formula is C23H28FN3O4. The number of carbonyl (C=O) groups excluding carboxylic acids is 2. The molecule has 0 aliphatic carbocycles. The SMILES string of the molecule is COc1ccc(OC)c(NC(=O)C(C)N2CCC(NC(=O)c3ccc(F)cc3)CC2)c1. The van der Waals surface area contributed by atoms with Crippen LogP contribution in [-0.4, -0.2) is 56.1 Å². The monoisotopic (exact) mass is 429 g/mol. The molecule has 1 atom stereocenters. The number of amides is 2. The second-order valence-electron chi connectivity index (χ2n) is 7.52. The zero-order valence-corrected chi connectivity index (χ0v) is 18.0. The fourth-order valence-electron chi connectivity index (χ4n) is 3.62. The molecular weight excluding hydrogens is 401 g/mol. The number of methoxy groups -OCH3 is 2. The molecule has 31 heavy (non-hydrogen) atoms. The Morgan fingerprint density at radius 3 is 2.35 bits per heavy atom. The lowest BCUT2D eigenvalue weighted by Gasteiger charge is -2.35. The van der Waals surface area contributed by atoms with Crippen molar-refractivity contribution >= 4 is 17.5 Å². The van der Waals surface area contributed by atoms with Gasteiger partial charge in [-0.25, -0.2) is 4.39 Å². The molecule has 0 spiro atoms. The molecule has 7 nitrogen and oxygen atoms in total. The molecule has 1 saturated heterocycles. The highest BCUT2D eigenvalue weighted by atomic mass is 19.1. The predicted octanol–water partition coefficient (Wildman–Crippen LogP) is 3.06. The number of halogens is 1. The Morgan fingerprint density at radius 1 is 1.06 bits per heavy atom. The minimum absolute atomic E-state index is 0.0162. The molecule has 0 bridgehead atoms. The van der Waals surface area contributed by atoms with Gasteiger partial charge in [-0.3, -0.25) is 14.5 Å². The van der Waals surface area contributed by atoms with Crippen molar-refractivity contribution in [3.05, 3.63) is 53.8 Å². The summed E-state index contributed by atoms with van der Waals surface area (Å²) in [6.45, 7) is 3.22. The number of benzene rings is 2. The summed E-state index contributed by atoms with van der Waals surface area (Å²) in [7, 11) is 3.11. The van der Waals surface area contributed by atoms with Crippen LogP contribution in [0.1, 0.15) is 30.1 Å². The van der Waals surface area contributed by atoms with E-state index in [9.17, 15) is 14.0 Å². The Balaban J connectivity index is 1.52. The molecule has 0 radical (unpaired) electrons. The Morgan fingerprint density at radius 2 is 1.74 bits per heavy atom. The van der Waals surface area contributed by atoms with Crippen molar-refractivity contribution in [3.63, 3.8) is 0 Å². The van der Waals surface area contributed by atoms with Gasteiger partial charge in [0.2, 0.25) is 5.91 Å². The van der Waals surface area contributed by atoms with Crippen molar-refractivity contribution in [1.82, 2.24) is 10.2 Å². The summed E-state index contributed by atoms with van der Waals surface area (Å²) in [5.41, 5.74) is 0.990. The van der Waals surface area contributed by atoms with Crippen molar-refractivity contribution in [2.24, 2.45) is 0 Å². The van der Waals surface area contributed by atoms with Gasteiger partial charge in [0, 0.05) is 30.8 Å². The summed E-state index contributed by atoms with van der Waals surface area (Å²) in [6.07, 6.45) is 1.46. The predicted molar refractivity (Wildman–Crippen MR) is 116 cm³/mol. The van der Waals surface area contributed by atoms with Gasteiger partial charge in [-0.05, 0) is 56.2 Å². The van der Waals surface area contributed by atoms with E-state index in [2.05, 4.69) is 15.5 Å². The van der Waals surface area contributed by atoms with Gasteiger partial charge < -0.3 is 20.1 Å². The van der Waals surface area contributed by atoms with E-state index in [1.165, 1.54) is 24.3 Å². The average molecular weight is 429 g/mol. The minimum atomic E-state index is -0.372. The van der Waals surface area contributed by atoms with E-state index in [1.807, 2.05) is 6.92 Å². The molecule has 166 valence electrons. The van der Waals surface area contributed by atoms with Gasteiger partial charge in [0.15, 0.2) is 0 Å². The van der Waals surface area contributed by atoms with E-state index in [4.69, 9.17) is 9.47 Å². The van der Waals surface area contributed by atoms with Gasteiger partial charge >= 0.3 is 0 Å². The number of piperidine rings is 1. The van der Waals surface area contributed by atoms with E-state index < -0.39 is 0 Å². The molecule has 0 aromatic heterocycles. The molecule has 2 aromatic rings. The molecule has 8 heteroatoms. The Labute approximate surface area is 181 Å². The van der Waals surface area contributed by atoms with Gasteiger partial charge in [-0.15, -0.1) is 0 Å². The van der Waals surface area contributed by atoms with Gasteiger partial charge in [-0.1, -0.05) is 0 Å². The molecule has 1 aliphatic heterocycles. The Hall–Kier alpha value is -3.13. The highest BCUT2D eigenvalue weighted by Gasteiger charge is 2.28. The second kappa shape index (κ2) is 10.3. The molecule has 2 N–H and O–H groups in total. The van der Waals surface area contributed by atoms with Crippen LogP contribution < -0.4 is 20.1 Å². The van der Waals surface area contributed by atoms with Crippen LogP contribution in [0.15, 0.2) is 42.5 Å². The normalized spacial score (nSPS) is 15.7. The highest BCUT2D eigenvalue weighted by molar-refractivity contribution is 5.96. The lowest BCUT2D eigenvalue weighted by atomic mass is 10.0. The van der Waals surface area contributed by atoms with E-state index in [0.717, 1.165) is 12.8 Å². The summed E-state index contributed by atoms with van der Waals surface area (Å²) in [5.74, 6) is 0.462. The lowest BCUT2D eigenvalue weighted by molar-refractivity contribution is -0.121. The fourth-order valence-corrected chi connectivity index (χ4v) is 3.62. The van der Waals surface area contributed by atoms with E-state index in [1.54, 1.807) is 32.4 Å². The molecule has 1 aliphatic rings. The van der Waals surface area contributed by atoms with E-state index in [-0.39, 0.29) is 29.7 Å². The molecule has 0 saturated carbocycles. The summed E-state index contributed by atoms with van der Waals surface area (Å²) in [6, 6.07) is 10.4. The van der Waals surface area contributed by atoms with Crippen LogP contribution in [0.25, 0.3) is 0 Å². The first-order chi connectivity index (χ1) is 14.9. The van der Waals surface area contributed by atoms with Crippen LogP contribution in [0, 0.1) is 5.82 Å².